The molecule has 0 fully saturated rings. The van der Waals surface area contributed by atoms with Crippen LogP contribution in [-0.4, -0.2) is 61.1 Å². The van der Waals surface area contributed by atoms with Crippen LogP contribution >= 0.6 is 11.6 Å². The number of nitriles is 1. The van der Waals surface area contributed by atoms with E-state index in [1.807, 2.05) is 66.5 Å². The molecule has 0 aromatic carbocycles. The Labute approximate surface area is 250 Å². The first-order valence-corrected chi connectivity index (χ1v) is 13.7. The lowest BCUT2D eigenvalue weighted by atomic mass is 9.66. The summed E-state index contributed by atoms with van der Waals surface area (Å²) >= 11 is 6.89. The van der Waals surface area contributed by atoms with E-state index >= 15 is 0 Å². The number of nitrogens with zero attached hydrogens (tertiary/aromatic N) is 6. The molecule has 2 aromatic rings. The Morgan fingerprint density at radius 1 is 1.21 bits per heavy atom. The van der Waals surface area contributed by atoms with Crippen molar-refractivity contribution in [3.05, 3.63) is 33.7 Å². The molecule has 3 rings (SSSR count). The van der Waals surface area contributed by atoms with Crippen molar-refractivity contribution in [3.63, 3.8) is 0 Å². The third-order valence-electron chi connectivity index (χ3n) is 7.33. The van der Waals surface area contributed by atoms with E-state index in [0.29, 0.717) is 29.2 Å². The van der Waals surface area contributed by atoms with Crippen molar-refractivity contribution in [3.8, 4) is 17.8 Å². The van der Waals surface area contributed by atoms with Gasteiger partial charge in [-0.25, -0.2) is 19.9 Å². The molecule has 0 saturated heterocycles. The molecular weight excluding hydrogens is 566 g/mol. The van der Waals surface area contributed by atoms with Crippen molar-refractivity contribution >= 4 is 29.6 Å². The number of pyridine rings is 1. The minimum Gasteiger partial charge on any atom is -0.496 e. The SMILES string of the molecule is COc1c(C)cnc(CN2c3nc(OC(=O)NC(=O)O)nc(Cl)c3C(CCC(O)C#N)(C(C)(C)C)N2C(C)(C)C)c1C. The van der Waals surface area contributed by atoms with Gasteiger partial charge in [0.2, 0.25) is 0 Å². The zero-order valence-corrected chi connectivity index (χ0v) is 26.1. The molecule has 0 spiro atoms. The molecule has 3 heterocycles. The minimum atomic E-state index is -1.61. The molecule has 3 N–H and O–H groups in total. The zero-order chi connectivity index (χ0) is 31.8. The molecule has 42 heavy (non-hydrogen) atoms. The predicted octanol–water partition coefficient (Wildman–Crippen LogP) is 4.86. The summed E-state index contributed by atoms with van der Waals surface area (Å²) in [6, 6.07) is 1.44. The average molecular weight is 604 g/mol. The number of amides is 2. The fraction of sp³-hybridized carbons (Fsp3) is 0.571. The van der Waals surface area contributed by atoms with E-state index in [9.17, 15) is 20.0 Å². The van der Waals surface area contributed by atoms with Crippen LogP contribution < -0.4 is 19.8 Å². The van der Waals surface area contributed by atoms with Crippen LogP contribution in [0, 0.1) is 30.6 Å². The van der Waals surface area contributed by atoms with Crippen LogP contribution in [0.1, 0.15) is 76.8 Å². The van der Waals surface area contributed by atoms with Crippen molar-refractivity contribution in [1.29, 1.82) is 5.26 Å². The number of aromatic nitrogens is 3. The third-order valence-corrected chi connectivity index (χ3v) is 7.61. The van der Waals surface area contributed by atoms with Crippen LogP contribution in [0.25, 0.3) is 0 Å². The molecule has 228 valence electrons. The number of carbonyl (C=O) groups excluding carboxylic acids is 1. The smallest absolute Gasteiger partial charge is 0.424 e. The van der Waals surface area contributed by atoms with Crippen LogP contribution in [0.3, 0.4) is 0 Å². The predicted molar refractivity (Wildman–Crippen MR) is 154 cm³/mol. The van der Waals surface area contributed by atoms with E-state index in [2.05, 4.69) is 15.0 Å². The van der Waals surface area contributed by atoms with Gasteiger partial charge >= 0.3 is 18.2 Å². The monoisotopic (exact) mass is 603 g/mol. The summed E-state index contributed by atoms with van der Waals surface area (Å²) < 4.78 is 10.7. The van der Waals surface area contributed by atoms with E-state index in [0.717, 1.165) is 11.1 Å². The highest BCUT2D eigenvalue weighted by atomic mass is 35.5. The van der Waals surface area contributed by atoms with Crippen molar-refractivity contribution in [2.75, 3.05) is 12.1 Å². The van der Waals surface area contributed by atoms with Crippen molar-refractivity contribution < 1.29 is 29.3 Å². The second-order valence-corrected chi connectivity index (χ2v) is 12.6. The Hall–Kier alpha value is -3.73. The Morgan fingerprint density at radius 2 is 1.86 bits per heavy atom. The Kier molecular flexibility index (Phi) is 9.26. The summed E-state index contributed by atoms with van der Waals surface area (Å²) in [4.78, 5) is 36.6. The van der Waals surface area contributed by atoms with Gasteiger partial charge in [-0.1, -0.05) is 32.4 Å². The van der Waals surface area contributed by atoms with E-state index in [1.165, 1.54) is 0 Å². The number of imide groups is 1. The second kappa shape index (κ2) is 11.9. The van der Waals surface area contributed by atoms with E-state index in [1.54, 1.807) is 18.6 Å². The number of ether oxygens (including phenoxy) is 2. The number of hydrogen-bond acceptors (Lipinski definition) is 11. The molecule has 0 aliphatic carbocycles. The highest BCUT2D eigenvalue weighted by molar-refractivity contribution is 6.30. The van der Waals surface area contributed by atoms with E-state index in [-0.39, 0.29) is 18.1 Å². The number of hydrazine groups is 1. The van der Waals surface area contributed by atoms with E-state index in [4.69, 9.17) is 31.2 Å². The van der Waals surface area contributed by atoms with Gasteiger partial charge in [0.05, 0.1) is 36.5 Å². The second-order valence-electron chi connectivity index (χ2n) is 12.2. The first kappa shape index (κ1) is 32.8. The topological polar surface area (TPSA) is 174 Å². The lowest BCUT2D eigenvalue weighted by molar-refractivity contribution is -0.0755. The van der Waals surface area contributed by atoms with Crippen LogP contribution in [0.15, 0.2) is 6.20 Å². The number of rotatable bonds is 7. The fourth-order valence-corrected chi connectivity index (χ4v) is 6.07. The summed E-state index contributed by atoms with van der Waals surface area (Å²) in [6.07, 6.45) is -1.99. The van der Waals surface area contributed by atoms with Crippen LogP contribution in [0.5, 0.6) is 11.8 Å². The Bertz CT molecular complexity index is 1420. The number of anilines is 1. The molecule has 0 saturated carbocycles. The molecule has 0 bridgehead atoms. The summed E-state index contributed by atoms with van der Waals surface area (Å²) in [7, 11) is 1.59. The molecule has 1 aliphatic heterocycles. The number of nitrogens with one attached hydrogen (secondary N) is 1. The molecule has 13 nitrogen and oxygen atoms in total. The fourth-order valence-electron chi connectivity index (χ4n) is 5.76. The molecule has 1 aliphatic rings. The number of carbonyl (C=O) groups is 2. The summed E-state index contributed by atoms with van der Waals surface area (Å²) in [5, 5.41) is 34.2. The largest absolute Gasteiger partial charge is 0.496 e. The number of halogens is 1. The summed E-state index contributed by atoms with van der Waals surface area (Å²) in [6.45, 7) is 16.1. The number of methoxy groups -OCH3 is 1. The van der Waals surface area contributed by atoms with Gasteiger partial charge in [0.15, 0.2) is 5.82 Å². The van der Waals surface area contributed by atoms with Gasteiger partial charge in [-0.3, -0.25) is 9.99 Å². The van der Waals surface area contributed by atoms with Gasteiger partial charge in [0.1, 0.15) is 17.0 Å². The first-order valence-electron chi connectivity index (χ1n) is 13.3. The molecule has 2 aromatic heterocycles. The number of aliphatic hydroxyl groups excluding tert-OH is 1. The van der Waals surface area contributed by atoms with Gasteiger partial charge in [-0.15, -0.1) is 0 Å². The Morgan fingerprint density at radius 3 is 2.38 bits per heavy atom. The normalized spacial score (nSPS) is 17.8. The molecule has 2 atom stereocenters. The maximum absolute atomic E-state index is 12.1. The van der Waals surface area contributed by atoms with Crippen molar-refractivity contribution in [1.82, 2.24) is 25.3 Å². The summed E-state index contributed by atoms with van der Waals surface area (Å²) in [5.74, 6) is 1.00. The van der Waals surface area contributed by atoms with Crippen molar-refractivity contribution in [2.24, 2.45) is 5.41 Å². The number of aryl methyl sites for hydroxylation is 1. The van der Waals surface area contributed by atoms with Gasteiger partial charge in [-0.2, -0.15) is 15.2 Å². The average Bonchev–Trinajstić information content (AvgIpc) is 3.15. The van der Waals surface area contributed by atoms with Crippen molar-refractivity contribution in [2.45, 2.75) is 92.0 Å². The standard InChI is InChI=1S/C28H38ClN7O6/c1-15-13-31-18(16(2)20(15)41-9)14-35-22-19(21(29)32-23(33-22)42-25(40)34-24(38)39)28(26(3,4)5,11-10-17(37)12-30)36(35)27(6,7)8/h13,17,37H,10-11,14H2,1-9H3,(H,34,40)(H,38,39). The van der Waals surface area contributed by atoms with Gasteiger partial charge < -0.3 is 19.7 Å². The van der Waals surface area contributed by atoms with Gasteiger partial charge in [0, 0.05) is 22.9 Å². The van der Waals surface area contributed by atoms with Gasteiger partial charge in [0.25, 0.3) is 0 Å². The maximum atomic E-state index is 12.1. The maximum Gasteiger partial charge on any atom is 0.424 e. The number of hydrogen-bond donors (Lipinski definition) is 3. The lowest BCUT2D eigenvalue weighted by Gasteiger charge is -2.55. The summed E-state index contributed by atoms with van der Waals surface area (Å²) in [5.41, 5.74) is 0.730. The molecule has 2 amide bonds. The van der Waals surface area contributed by atoms with Crippen LogP contribution in [-0.2, 0) is 12.1 Å². The van der Waals surface area contributed by atoms with Crippen LogP contribution in [0.4, 0.5) is 15.4 Å². The minimum absolute atomic E-state index is 0.0255. The Balaban J connectivity index is 2.37. The molecule has 2 unspecified atom stereocenters. The number of carboxylic acid groups (broad SMARTS) is 1. The van der Waals surface area contributed by atoms with Gasteiger partial charge in [-0.05, 0) is 52.9 Å². The molecule has 14 heteroatoms. The van der Waals surface area contributed by atoms with Crippen LogP contribution in [0.2, 0.25) is 5.15 Å². The molecule has 0 radical (unpaired) electrons. The highest BCUT2D eigenvalue weighted by Gasteiger charge is 2.61. The molecular formula is C28H38ClN7O6. The highest BCUT2D eigenvalue weighted by Crippen LogP contribution is 2.60. The number of aliphatic hydroxyl groups is 1. The third kappa shape index (κ3) is 6.06. The quantitative estimate of drug-likeness (QED) is 0.290. The zero-order valence-electron chi connectivity index (χ0n) is 25.4. The first-order chi connectivity index (χ1) is 19.4. The van der Waals surface area contributed by atoms with E-state index < -0.39 is 40.8 Å². The number of fused-ring (bicyclic) bond motifs is 1. The lowest BCUT2D eigenvalue weighted by Crippen LogP contribution is -2.63.